The van der Waals surface area contributed by atoms with Gasteiger partial charge in [0.05, 0.1) is 0 Å². The fourth-order valence-electron chi connectivity index (χ4n) is 3.87. The molecule has 0 atom stereocenters. The Kier molecular flexibility index (Phi) is 14.1. The van der Waals surface area contributed by atoms with E-state index in [1.54, 1.807) is 11.1 Å². The summed E-state index contributed by atoms with van der Waals surface area (Å²) in [5.41, 5.74) is 4.69. The maximum atomic E-state index is 2.44. The predicted molar refractivity (Wildman–Crippen MR) is 123 cm³/mol. The minimum atomic E-state index is 0. The number of fused-ring (bicyclic) bond motifs is 3. The van der Waals surface area contributed by atoms with Crippen molar-refractivity contribution >= 4 is 31.1 Å². The van der Waals surface area contributed by atoms with Crippen molar-refractivity contribution in [3.05, 3.63) is 83.4 Å². The van der Waals surface area contributed by atoms with E-state index < -0.39 is 0 Å². The topological polar surface area (TPSA) is 0 Å². The quantitative estimate of drug-likeness (QED) is 0.258. The van der Waals surface area contributed by atoms with E-state index in [2.05, 4.69) is 93.7 Å². The number of hydrogen-bond acceptors (Lipinski definition) is 0. The third-order valence-electron chi connectivity index (χ3n) is 5.19. The molecule has 2 radical (unpaired) electrons. The van der Waals surface area contributed by atoms with Crippen LogP contribution in [-0.2, 0) is 39.0 Å². The molecule has 0 saturated heterocycles. The van der Waals surface area contributed by atoms with Gasteiger partial charge in [-0.15, -0.1) is 64.7 Å². The average Bonchev–Trinajstić information content (AvgIpc) is 3.39. The molecule has 0 amide bonds. The van der Waals surface area contributed by atoms with Gasteiger partial charge in [0.2, 0.25) is 0 Å². The first-order valence-electron chi connectivity index (χ1n) is 10.0. The largest absolute Gasteiger partial charge is 4.00 e. The van der Waals surface area contributed by atoms with Gasteiger partial charge < -0.3 is 24.8 Å². The molecule has 30 heavy (non-hydrogen) atoms. The molecule has 0 N–H and O–H groups in total. The van der Waals surface area contributed by atoms with Gasteiger partial charge in [-0.3, -0.25) is 0 Å². The van der Waals surface area contributed by atoms with Gasteiger partial charge in [0.15, 0.2) is 0 Å². The zero-order valence-corrected chi connectivity index (χ0v) is 23.3. The van der Waals surface area contributed by atoms with E-state index in [1.165, 1.54) is 46.4 Å². The van der Waals surface area contributed by atoms with Crippen LogP contribution in [0.4, 0.5) is 0 Å². The first-order chi connectivity index (χ1) is 13.1. The summed E-state index contributed by atoms with van der Waals surface area (Å²) in [5, 5.41) is 5.60. The molecule has 4 aromatic carbocycles. The Balaban J connectivity index is 0.000000488. The Morgan fingerprint density at radius 1 is 0.867 bits per heavy atom. The Labute approximate surface area is 216 Å². The van der Waals surface area contributed by atoms with Crippen LogP contribution in [0.3, 0.4) is 0 Å². The molecule has 156 valence electrons. The number of rotatable bonds is 1. The monoisotopic (exact) mass is 530 g/mol. The molecule has 0 aliphatic heterocycles. The van der Waals surface area contributed by atoms with Gasteiger partial charge in [-0.2, -0.15) is 23.1 Å². The van der Waals surface area contributed by atoms with Crippen LogP contribution in [0.2, 0.25) is 13.1 Å². The van der Waals surface area contributed by atoms with E-state index >= 15 is 0 Å². The third-order valence-corrected chi connectivity index (χ3v) is 5.19. The standard InChI is InChI=1S/C15H17.C9H7.C2H6Si.2ClH.Zr/c1-10(2)14-7-6-13-8-11-4-3-5-12(11)9-15(13)14;1-2-5-9-7-3-6-8(9)4-1;1-3-2;;;/h6-10H,3-5H2,1-2H3;1-7H;1-2H3;2*1H;/q2*-1;;;;+4/p-2. The van der Waals surface area contributed by atoms with Crippen LogP contribution in [0.5, 0.6) is 0 Å². The molecule has 0 fully saturated rings. The second-order valence-corrected chi connectivity index (χ2v) is 8.66. The van der Waals surface area contributed by atoms with Crippen molar-refractivity contribution in [1.29, 1.82) is 0 Å². The van der Waals surface area contributed by atoms with Crippen LogP contribution in [-0.4, -0.2) is 9.52 Å². The molecule has 4 heteroatoms. The molecule has 4 aromatic rings. The van der Waals surface area contributed by atoms with Crippen molar-refractivity contribution in [2.24, 2.45) is 0 Å². The number of benzene rings is 2. The fourth-order valence-corrected chi connectivity index (χ4v) is 3.87. The second-order valence-electron chi connectivity index (χ2n) is 7.66. The minimum absolute atomic E-state index is 0. The van der Waals surface area contributed by atoms with E-state index in [4.69, 9.17) is 0 Å². The molecular weight excluding hydrogens is 503 g/mol. The van der Waals surface area contributed by atoms with Crippen molar-refractivity contribution in [3.63, 3.8) is 0 Å². The summed E-state index contributed by atoms with van der Waals surface area (Å²) in [6, 6.07) is 24.1. The van der Waals surface area contributed by atoms with Crippen molar-refractivity contribution in [3.8, 4) is 0 Å². The number of aryl methyl sites for hydroxylation is 2. The SMILES string of the molecule is CC(C)c1c[cH-]c2cc3c(cc12)CCC3.C[Si]C.[Cl-].[Cl-].[Zr+4].c1ccc2[cH-]ccc2c1. The normalized spacial score (nSPS) is 11.2. The minimum Gasteiger partial charge on any atom is -1.00 e. The number of hydrogen-bond donors (Lipinski definition) is 0. The van der Waals surface area contributed by atoms with Crippen molar-refractivity contribution in [1.82, 2.24) is 0 Å². The van der Waals surface area contributed by atoms with Crippen LogP contribution in [0.1, 0.15) is 42.9 Å². The van der Waals surface area contributed by atoms with Crippen LogP contribution in [0, 0.1) is 0 Å². The molecule has 5 rings (SSSR count). The zero-order valence-electron chi connectivity index (χ0n) is 18.3. The third kappa shape index (κ3) is 7.20. The summed E-state index contributed by atoms with van der Waals surface area (Å²) in [7, 11) is 1.08. The maximum Gasteiger partial charge on any atom is 4.00 e. The molecule has 0 bridgehead atoms. The van der Waals surface area contributed by atoms with E-state index in [1.807, 2.05) is 0 Å². The molecule has 0 saturated carbocycles. The smallest absolute Gasteiger partial charge is 1.00 e. The Morgan fingerprint density at radius 3 is 2.13 bits per heavy atom. The van der Waals surface area contributed by atoms with E-state index in [0.29, 0.717) is 5.92 Å². The van der Waals surface area contributed by atoms with Crippen molar-refractivity contribution in [2.75, 3.05) is 0 Å². The van der Waals surface area contributed by atoms with E-state index in [9.17, 15) is 0 Å². The molecular formula is C26H30Cl2SiZr. The van der Waals surface area contributed by atoms with Gasteiger partial charge >= 0.3 is 26.2 Å². The zero-order chi connectivity index (χ0) is 19.2. The van der Waals surface area contributed by atoms with Gasteiger partial charge in [-0.25, -0.2) is 0 Å². The first kappa shape index (κ1) is 29.3. The van der Waals surface area contributed by atoms with Crippen molar-refractivity contribution < 1.29 is 51.0 Å². The summed E-state index contributed by atoms with van der Waals surface area (Å²) in [5.74, 6) is 0.641. The number of halogens is 2. The summed E-state index contributed by atoms with van der Waals surface area (Å²) in [4.78, 5) is 0. The molecule has 1 aliphatic carbocycles. The summed E-state index contributed by atoms with van der Waals surface area (Å²) < 4.78 is 0. The Hall–Kier alpha value is -0.660. The van der Waals surface area contributed by atoms with Gasteiger partial charge in [0, 0.05) is 9.52 Å². The second kappa shape index (κ2) is 14.4. The van der Waals surface area contributed by atoms with Crippen LogP contribution < -0.4 is 24.8 Å². The molecule has 0 heterocycles. The fraction of sp³-hybridized carbons (Fsp3) is 0.308. The van der Waals surface area contributed by atoms with E-state index in [-0.39, 0.29) is 51.0 Å². The van der Waals surface area contributed by atoms with Crippen LogP contribution in [0.15, 0.2) is 66.7 Å². The summed E-state index contributed by atoms with van der Waals surface area (Å²) in [6.07, 6.45) is 3.92. The predicted octanol–water partition coefficient (Wildman–Crippen LogP) is 1.52. The molecule has 1 aliphatic rings. The maximum absolute atomic E-state index is 2.44. The Morgan fingerprint density at radius 2 is 1.50 bits per heavy atom. The van der Waals surface area contributed by atoms with Crippen molar-refractivity contribution in [2.45, 2.75) is 52.1 Å². The van der Waals surface area contributed by atoms with Gasteiger partial charge in [0.25, 0.3) is 0 Å². The summed E-state index contributed by atoms with van der Waals surface area (Å²) >= 11 is 0. The molecule has 0 unspecified atom stereocenters. The van der Waals surface area contributed by atoms with Gasteiger partial charge in [0.1, 0.15) is 0 Å². The Bertz CT molecular complexity index is 971. The van der Waals surface area contributed by atoms with Crippen LogP contribution in [0.25, 0.3) is 21.5 Å². The van der Waals surface area contributed by atoms with Gasteiger partial charge in [-0.05, 0) is 19.3 Å². The molecule has 0 nitrogen and oxygen atoms in total. The molecule has 0 spiro atoms. The first-order valence-corrected chi connectivity index (χ1v) is 12.0. The van der Waals surface area contributed by atoms with Crippen LogP contribution >= 0.6 is 0 Å². The molecule has 0 aromatic heterocycles. The van der Waals surface area contributed by atoms with Gasteiger partial charge in [-0.1, -0.05) is 50.1 Å². The average molecular weight is 533 g/mol. The summed E-state index contributed by atoms with van der Waals surface area (Å²) in [6.45, 7) is 8.87. The van der Waals surface area contributed by atoms with E-state index in [0.717, 1.165) is 9.52 Å².